The molecule has 0 fully saturated rings. The largest absolute Gasteiger partial charge is 0.444 e. The molecular weight excluding hydrogens is 288 g/mol. The summed E-state index contributed by atoms with van der Waals surface area (Å²) in [4.78, 5) is 11.7. The monoisotopic (exact) mass is 320 g/mol. The Morgan fingerprint density at radius 2 is 1.70 bits per heavy atom. The Hall–Kier alpha value is -1.55. The molecule has 0 spiro atoms. The maximum Gasteiger partial charge on any atom is 0.412 e. The van der Waals surface area contributed by atoms with Crippen molar-refractivity contribution >= 4 is 11.8 Å². The molecule has 1 amide bonds. The molecule has 0 heterocycles. The highest BCUT2D eigenvalue weighted by atomic mass is 16.6. The van der Waals surface area contributed by atoms with Crippen LogP contribution in [0.2, 0.25) is 0 Å². The third-order valence-electron chi connectivity index (χ3n) is 3.92. The van der Waals surface area contributed by atoms with E-state index in [-0.39, 0.29) is 0 Å². The van der Waals surface area contributed by atoms with Crippen LogP contribution < -0.4 is 10.6 Å². The number of anilines is 1. The van der Waals surface area contributed by atoms with E-state index in [1.807, 2.05) is 45.0 Å². The number of benzene rings is 1. The molecule has 0 aromatic heterocycles. The summed E-state index contributed by atoms with van der Waals surface area (Å²) in [5, 5.41) is 6.33. The molecule has 130 valence electrons. The molecule has 0 aliphatic rings. The molecule has 23 heavy (non-hydrogen) atoms. The van der Waals surface area contributed by atoms with Crippen LogP contribution in [0.5, 0.6) is 0 Å². The third-order valence-corrected chi connectivity index (χ3v) is 3.92. The van der Waals surface area contributed by atoms with Crippen molar-refractivity contribution < 1.29 is 9.53 Å². The Morgan fingerprint density at radius 1 is 1.13 bits per heavy atom. The fourth-order valence-corrected chi connectivity index (χ4v) is 2.32. The summed E-state index contributed by atoms with van der Waals surface area (Å²) in [5.74, 6) is 0.727. The quantitative estimate of drug-likeness (QED) is 0.733. The van der Waals surface area contributed by atoms with Gasteiger partial charge in [-0.2, -0.15) is 0 Å². The van der Waals surface area contributed by atoms with Gasteiger partial charge in [-0.3, -0.25) is 5.32 Å². The molecule has 0 aliphatic heterocycles. The minimum Gasteiger partial charge on any atom is -0.444 e. The zero-order valence-electron chi connectivity index (χ0n) is 15.4. The van der Waals surface area contributed by atoms with E-state index in [0.29, 0.717) is 6.04 Å². The van der Waals surface area contributed by atoms with E-state index in [9.17, 15) is 4.79 Å². The number of ether oxygens (including phenoxy) is 1. The Bertz CT molecular complexity index is 473. The maximum absolute atomic E-state index is 11.7. The number of amides is 1. The second-order valence-electron chi connectivity index (χ2n) is 7.06. The molecule has 1 atom stereocenters. The maximum atomic E-state index is 11.7. The first-order valence-electron chi connectivity index (χ1n) is 8.58. The zero-order valence-corrected chi connectivity index (χ0v) is 15.4. The van der Waals surface area contributed by atoms with E-state index in [2.05, 4.69) is 31.4 Å². The average Bonchev–Trinajstić information content (AvgIpc) is 2.46. The second kappa shape index (κ2) is 8.92. The van der Waals surface area contributed by atoms with Gasteiger partial charge in [-0.1, -0.05) is 38.8 Å². The van der Waals surface area contributed by atoms with Crippen molar-refractivity contribution in [1.82, 2.24) is 5.32 Å². The molecule has 0 aliphatic carbocycles. The summed E-state index contributed by atoms with van der Waals surface area (Å²) in [7, 11) is 0. The van der Waals surface area contributed by atoms with E-state index >= 15 is 0 Å². The third kappa shape index (κ3) is 7.51. The highest BCUT2D eigenvalue weighted by Gasteiger charge is 2.16. The van der Waals surface area contributed by atoms with E-state index in [1.165, 1.54) is 18.4 Å². The predicted molar refractivity (Wildman–Crippen MR) is 96.8 cm³/mol. The van der Waals surface area contributed by atoms with Gasteiger partial charge in [-0.05, 0) is 57.9 Å². The van der Waals surface area contributed by atoms with Crippen molar-refractivity contribution in [3.05, 3.63) is 29.8 Å². The summed E-state index contributed by atoms with van der Waals surface area (Å²) in [6, 6.07) is 8.20. The summed E-state index contributed by atoms with van der Waals surface area (Å²) in [6.45, 7) is 13.2. The van der Waals surface area contributed by atoms with E-state index < -0.39 is 11.7 Å². The number of nitrogens with one attached hydrogen (secondary N) is 2. The molecule has 0 bridgehead atoms. The molecule has 4 heteroatoms. The fraction of sp³-hybridized carbons (Fsp3) is 0.632. The first-order valence-corrected chi connectivity index (χ1v) is 8.58. The first-order chi connectivity index (χ1) is 10.7. The van der Waals surface area contributed by atoms with Crippen molar-refractivity contribution in [2.45, 2.75) is 66.0 Å². The number of hydrogen-bond donors (Lipinski definition) is 2. The molecule has 0 saturated carbocycles. The smallest absolute Gasteiger partial charge is 0.412 e. The Balaban J connectivity index is 2.54. The van der Waals surface area contributed by atoms with Crippen molar-refractivity contribution in [1.29, 1.82) is 0 Å². The van der Waals surface area contributed by atoms with Crippen LogP contribution in [0.15, 0.2) is 24.3 Å². The lowest BCUT2D eigenvalue weighted by atomic mass is 10.0. The van der Waals surface area contributed by atoms with Crippen LogP contribution in [-0.2, 0) is 4.74 Å². The summed E-state index contributed by atoms with van der Waals surface area (Å²) in [5.41, 5.74) is 1.47. The number of carbonyl (C=O) groups is 1. The Kier molecular flexibility index (Phi) is 7.56. The minimum atomic E-state index is -0.489. The van der Waals surface area contributed by atoms with Crippen LogP contribution in [0.25, 0.3) is 0 Å². The van der Waals surface area contributed by atoms with Gasteiger partial charge < -0.3 is 10.1 Å². The SMILES string of the molecule is CCC(CC)CNC(C)c1ccc(NC(=O)OC(C)(C)C)cc1. The molecule has 0 radical (unpaired) electrons. The van der Waals surface area contributed by atoms with Crippen LogP contribution in [-0.4, -0.2) is 18.2 Å². The molecule has 1 rings (SSSR count). The van der Waals surface area contributed by atoms with Crippen molar-refractivity contribution in [2.75, 3.05) is 11.9 Å². The number of hydrogen-bond acceptors (Lipinski definition) is 3. The summed E-state index contributed by atoms with van der Waals surface area (Å²) < 4.78 is 5.25. The van der Waals surface area contributed by atoms with Gasteiger partial charge in [0, 0.05) is 11.7 Å². The molecule has 1 aromatic rings. The van der Waals surface area contributed by atoms with Crippen LogP contribution in [0.4, 0.5) is 10.5 Å². The van der Waals surface area contributed by atoms with Crippen LogP contribution in [0.1, 0.15) is 66.0 Å². The van der Waals surface area contributed by atoms with Crippen molar-refractivity contribution in [2.24, 2.45) is 5.92 Å². The molecule has 1 unspecified atom stereocenters. The van der Waals surface area contributed by atoms with Gasteiger partial charge in [-0.25, -0.2) is 4.79 Å². The average molecular weight is 320 g/mol. The molecular formula is C19H32N2O2. The minimum absolute atomic E-state index is 0.297. The lowest BCUT2D eigenvalue weighted by molar-refractivity contribution is 0.0636. The molecule has 0 saturated heterocycles. The van der Waals surface area contributed by atoms with Crippen molar-refractivity contribution in [3.63, 3.8) is 0 Å². The number of carbonyl (C=O) groups excluding carboxylic acids is 1. The van der Waals surface area contributed by atoms with Crippen LogP contribution in [0.3, 0.4) is 0 Å². The standard InChI is InChI=1S/C19H32N2O2/c1-7-15(8-2)13-20-14(3)16-9-11-17(12-10-16)21-18(22)23-19(4,5)6/h9-12,14-15,20H,7-8,13H2,1-6H3,(H,21,22). The van der Waals surface area contributed by atoms with Crippen molar-refractivity contribution in [3.8, 4) is 0 Å². The zero-order chi connectivity index (χ0) is 17.5. The van der Waals surface area contributed by atoms with E-state index in [0.717, 1.165) is 18.2 Å². The number of rotatable bonds is 7. The van der Waals surface area contributed by atoms with E-state index in [4.69, 9.17) is 4.74 Å². The van der Waals surface area contributed by atoms with E-state index in [1.54, 1.807) is 0 Å². The second-order valence-corrected chi connectivity index (χ2v) is 7.06. The van der Waals surface area contributed by atoms with Gasteiger partial charge in [0.1, 0.15) is 5.60 Å². The summed E-state index contributed by atoms with van der Waals surface area (Å²) in [6.07, 6.45) is 1.98. The lowest BCUT2D eigenvalue weighted by Crippen LogP contribution is -2.27. The predicted octanol–water partition coefficient (Wildman–Crippen LogP) is 5.12. The molecule has 1 aromatic carbocycles. The first kappa shape index (κ1) is 19.5. The van der Waals surface area contributed by atoms with Gasteiger partial charge in [0.15, 0.2) is 0 Å². The lowest BCUT2D eigenvalue weighted by Gasteiger charge is -2.20. The van der Waals surface area contributed by atoms with Gasteiger partial charge in [0.2, 0.25) is 0 Å². The summed E-state index contributed by atoms with van der Waals surface area (Å²) >= 11 is 0. The highest BCUT2D eigenvalue weighted by Crippen LogP contribution is 2.18. The molecule has 4 nitrogen and oxygen atoms in total. The normalized spacial score (nSPS) is 13.0. The van der Waals surface area contributed by atoms with Gasteiger partial charge in [-0.15, -0.1) is 0 Å². The fourth-order valence-electron chi connectivity index (χ4n) is 2.32. The highest BCUT2D eigenvalue weighted by molar-refractivity contribution is 5.84. The Morgan fingerprint density at radius 3 is 2.17 bits per heavy atom. The van der Waals surface area contributed by atoms with Crippen LogP contribution in [0, 0.1) is 5.92 Å². The van der Waals surface area contributed by atoms with Gasteiger partial charge in [0.05, 0.1) is 0 Å². The molecule has 2 N–H and O–H groups in total. The van der Waals surface area contributed by atoms with Crippen LogP contribution >= 0.6 is 0 Å². The Labute approximate surface area is 141 Å². The van der Waals surface area contributed by atoms with Gasteiger partial charge in [0.25, 0.3) is 0 Å². The van der Waals surface area contributed by atoms with Gasteiger partial charge >= 0.3 is 6.09 Å². The topological polar surface area (TPSA) is 50.4 Å².